The average Bonchev–Trinajstić information content (AvgIpc) is 3.04. The molecule has 0 aliphatic heterocycles. The second-order valence-electron chi connectivity index (χ2n) is 6.45. The molecule has 0 saturated heterocycles. The molecule has 0 aliphatic rings. The maximum Gasteiger partial charge on any atom is 0.246 e. The largest absolute Gasteiger partial charge is 0.437 e. The number of nitrogens with zero attached hydrogens (tertiary/aromatic N) is 5. The van der Waals surface area contributed by atoms with Crippen LogP contribution >= 0.6 is 11.6 Å². The van der Waals surface area contributed by atoms with E-state index in [9.17, 15) is 0 Å². The number of benzene rings is 2. The third kappa shape index (κ3) is 3.77. The first-order chi connectivity index (χ1) is 13.1. The van der Waals surface area contributed by atoms with E-state index in [2.05, 4.69) is 58.6 Å². The zero-order chi connectivity index (χ0) is 18.8. The Morgan fingerprint density at radius 3 is 2.59 bits per heavy atom. The topological polar surface area (TPSA) is 55.5 Å². The molecule has 2 aromatic carbocycles. The lowest BCUT2D eigenvalue weighted by Crippen LogP contribution is -2.10. The molecule has 0 unspecified atom stereocenters. The number of ether oxygens (including phenoxy) is 1. The molecule has 136 valence electrons. The van der Waals surface area contributed by atoms with Gasteiger partial charge in [0.25, 0.3) is 0 Å². The number of hydrogen-bond acceptors (Lipinski definition) is 5. The van der Waals surface area contributed by atoms with Gasteiger partial charge in [-0.25, -0.2) is 0 Å². The van der Waals surface area contributed by atoms with Crippen molar-refractivity contribution < 1.29 is 4.74 Å². The summed E-state index contributed by atoms with van der Waals surface area (Å²) in [5.74, 6) is 1.14. The van der Waals surface area contributed by atoms with Crippen LogP contribution in [-0.4, -0.2) is 38.8 Å². The normalized spacial score (nSPS) is 11.3. The summed E-state index contributed by atoms with van der Waals surface area (Å²) in [6, 6.07) is 19.9. The number of fused-ring (bicyclic) bond motifs is 1. The zero-order valence-corrected chi connectivity index (χ0v) is 15.8. The van der Waals surface area contributed by atoms with E-state index in [1.54, 1.807) is 12.1 Å². The molecule has 0 aliphatic carbocycles. The third-order valence-corrected chi connectivity index (χ3v) is 4.28. The number of rotatable bonds is 5. The molecular formula is C20H18ClN5O. The maximum atomic E-state index is 6.10. The minimum atomic E-state index is 0.195. The van der Waals surface area contributed by atoms with Gasteiger partial charge in [-0.3, -0.25) is 0 Å². The van der Waals surface area contributed by atoms with Crippen LogP contribution in [0, 0.1) is 0 Å². The third-order valence-electron chi connectivity index (χ3n) is 4.04. The van der Waals surface area contributed by atoms with Gasteiger partial charge in [0, 0.05) is 18.2 Å². The van der Waals surface area contributed by atoms with Crippen LogP contribution in [0.15, 0.2) is 60.7 Å². The van der Waals surface area contributed by atoms with Gasteiger partial charge in [0.2, 0.25) is 11.2 Å². The number of hydrogen-bond donors (Lipinski definition) is 0. The molecule has 2 aromatic heterocycles. The van der Waals surface area contributed by atoms with E-state index in [1.165, 1.54) is 10.1 Å². The Hall–Kier alpha value is -2.96. The van der Waals surface area contributed by atoms with Crippen molar-refractivity contribution in [3.63, 3.8) is 0 Å². The summed E-state index contributed by atoms with van der Waals surface area (Å²) in [6.45, 7) is 0.848. The van der Waals surface area contributed by atoms with E-state index in [0.29, 0.717) is 11.5 Å². The second-order valence-corrected chi connectivity index (χ2v) is 6.79. The van der Waals surface area contributed by atoms with Gasteiger partial charge in [0.1, 0.15) is 5.75 Å². The molecule has 0 atom stereocenters. The van der Waals surface area contributed by atoms with Crippen molar-refractivity contribution in [2.24, 2.45) is 0 Å². The molecule has 0 saturated carbocycles. The van der Waals surface area contributed by atoms with Crippen molar-refractivity contribution in [3.8, 4) is 22.8 Å². The highest BCUT2D eigenvalue weighted by Gasteiger charge is 2.12. The zero-order valence-electron chi connectivity index (χ0n) is 15.0. The van der Waals surface area contributed by atoms with Gasteiger partial charge in [-0.15, -0.1) is 15.3 Å². The van der Waals surface area contributed by atoms with Crippen molar-refractivity contribution in [3.05, 3.63) is 71.5 Å². The van der Waals surface area contributed by atoms with E-state index in [4.69, 9.17) is 16.3 Å². The quantitative estimate of drug-likeness (QED) is 0.517. The fourth-order valence-corrected chi connectivity index (χ4v) is 3.05. The minimum Gasteiger partial charge on any atom is -0.437 e. The molecule has 0 amide bonds. The van der Waals surface area contributed by atoms with Gasteiger partial charge < -0.3 is 9.64 Å². The van der Waals surface area contributed by atoms with Gasteiger partial charge in [-0.2, -0.15) is 4.52 Å². The molecule has 0 radical (unpaired) electrons. The lowest BCUT2D eigenvalue weighted by molar-refractivity contribution is 0.402. The summed E-state index contributed by atoms with van der Waals surface area (Å²) in [5.41, 5.74) is 3.86. The van der Waals surface area contributed by atoms with Crippen LogP contribution in [0.25, 0.3) is 16.8 Å². The van der Waals surface area contributed by atoms with Crippen LogP contribution in [0.2, 0.25) is 5.28 Å². The summed E-state index contributed by atoms with van der Waals surface area (Å²) in [4.78, 5) is 2.13. The van der Waals surface area contributed by atoms with Crippen molar-refractivity contribution in [2.75, 3.05) is 14.1 Å². The van der Waals surface area contributed by atoms with Crippen molar-refractivity contribution in [2.45, 2.75) is 6.54 Å². The fraction of sp³-hybridized carbons (Fsp3) is 0.150. The van der Waals surface area contributed by atoms with Crippen molar-refractivity contribution in [1.82, 2.24) is 24.7 Å². The summed E-state index contributed by atoms with van der Waals surface area (Å²) in [7, 11) is 4.10. The molecule has 0 bridgehead atoms. The Morgan fingerprint density at radius 1 is 1.00 bits per heavy atom. The van der Waals surface area contributed by atoms with Crippen LogP contribution < -0.4 is 4.74 Å². The summed E-state index contributed by atoms with van der Waals surface area (Å²) >= 11 is 6.01. The number of aromatic nitrogens is 4. The molecule has 0 spiro atoms. The van der Waals surface area contributed by atoms with E-state index in [-0.39, 0.29) is 5.28 Å². The van der Waals surface area contributed by atoms with E-state index < -0.39 is 0 Å². The Morgan fingerprint density at radius 2 is 1.81 bits per heavy atom. The first kappa shape index (κ1) is 17.5. The van der Waals surface area contributed by atoms with Gasteiger partial charge in [0.05, 0.1) is 0 Å². The van der Waals surface area contributed by atoms with Crippen LogP contribution in [-0.2, 0) is 6.54 Å². The molecule has 0 fully saturated rings. The van der Waals surface area contributed by atoms with Crippen LogP contribution in [0.4, 0.5) is 0 Å². The Balaban J connectivity index is 1.75. The molecule has 0 N–H and O–H groups in total. The molecule has 27 heavy (non-hydrogen) atoms. The summed E-state index contributed by atoms with van der Waals surface area (Å²) < 4.78 is 7.54. The van der Waals surface area contributed by atoms with Crippen molar-refractivity contribution >= 4 is 17.2 Å². The molecule has 4 aromatic rings. The minimum absolute atomic E-state index is 0.195. The second kappa shape index (κ2) is 7.34. The van der Waals surface area contributed by atoms with Crippen LogP contribution in [0.3, 0.4) is 0 Å². The van der Waals surface area contributed by atoms with Gasteiger partial charge in [-0.1, -0.05) is 36.4 Å². The summed E-state index contributed by atoms with van der Waals surface area (Å²) in [6.07, 6.45) is 0. The van der Waals surface area contributed by atoms with Crippen molar-refractivity contribution in [1.29, 1.82) is 0 Å². The smallest absolute Gasteiger partial charge is 0.246 e. The molecule has 7 heteroatoms. The SMILES string of the molecule is CN(C)Cc1ccc(Oc2ccc3nnc(Cl)n3n2)c(-c2ccccc2)c1. The molecule has 4 rings (SSSR count). The van der Waals surface area contributed by atoms with Gasteiger partial charge in [0.15, 0.2) is 5.65 Å². The molecule has 6 nitrogen and oxygen atoms in total. The highest BCUT2D eigenvalue weighted by atomic mass is 35.5. The monoisotopic (exact) mass is 379 g/mol. The standard InChI is InChI=1S/C20H18ClN5O/c1-25(2)13-14-8-9-17(16(12-14)15-6-4-3-5-7-15)27-19-11-10-18-22-23-20(21)26(18)24-19/h3-12H,13H2,1-2H3. The Kier molecular flexibility index (Phi) is 4.75. The van der Waals surface area contributed by atoms with Gasteiger partial charge >= 0.3 is 0 Å². The Labute approximate surface area is 162 Å². The first-order valence-corrected chi connectivity index (χ1v) is 8.87. The predicted molar refractivity (Wildman–Crippen MR) is 105 cm³/mol. The first-order valence-electron chi connectivity index (χ1n) is 8.49. The summed E-state index contributed by atoms with van der Waals surface area (Å²) in [5, 5.41) is 12.3. The molecular weight excluding hydrogens is 362 g/mol. The fourth-order valence-electron chi connectivity index (χ4n) is 2.89. The lowest BCUT2D eigenvalue weighted by Gasteiger charge is -2.15. The van der Waals surface area contributed by atoms with E-state index >= 15 is 0 Å². The Bertz CT molecular complexity index is 1080. The highest BCUT2D eigenvalue weighted by molar-refractivity contribution is 6.28. The lowest BCUT2D eigenvalue weighted by atomic mass is 10.0. The maximum absolute atomic E-state index is 6.10. The predicted octanol–water partition coefficient (Wildman–Crippen LogP) is 4.30. The van der Waals surface area contributed by atoms with Gasteiger partial charge in [-0.05, 0) is 55.0 Å². The highest BCUT2D eigenvalue weighted by Crippen LogP contribution is 2.34. The van der Waals surface area contributed by atoms with Crippen LogP contribution in [0.5, 0.6) is 11.6 Å². The molecule has 2 heterocycles. The average molecular weight is 380 g/mol. The van der Waals surface area contributed by atoms with E-state index in [1.807, 2.05) is 24.3 Å². The number of halogens is 1. The van der Waals surface area contributed by atoms with Crippen LogP contribution in [0.1, 0.15) is 5.56 Å². The van der Waals surface area contributed by atoms with E-state index in [0.717, 1.165) is 23.4 Å².